The first-order valence-corrected chi connectivity index (χ1v) is 8.91. The number of likely N-dealkylation sites (N-methyl/N-ethyl adjacent to an activating group) is 1. The highest BCUT2D eigenvalue weighted by Gasteiger charge is 2.47. The normalized spacial score (nSPS) is 26.0. The van der Waals surface area contributed by atoms with Gasteiger partial charge in [-0.3, -0.25) is 9.88 Å². The molecule has 0 unspecified atom stereocenters. The highest BCUT2D eigenvalue weighted by molar-refractivity contribution is 5.33. The predicted molar refractivity (Wildman–Crippen MR) is 96.4 cm³/mol. The van der Waals surface area contributed by atoms with E-state index in [2.05, 4.69) is 37.9 Å². The first-order valence-electron chi connectivity index (χ1n) is 8.91. The van der Waals surface area contributed by atoms with Crippen molar-refractivity contribution < 1.29 is 4.74 Å². The zero-order chi connectivity index (χ0) is 17.3. The summed E-state index contributed by atoms with van der Waals surface area (Å²) >= 11 is 0. The molecule has 0 aromatic carbocycles. The van der Waals surface area contributed by atoms with E-state index in [-0.39, 0.29) is 5.60 Å². The van der Waals surface area contributed by atoms with Crippen LogP contribution < -0.4 is 4.90 Å². The molecule has 0 amide bonds. The molecule has 132 valence electrons. The molecule has 2 aromatic rings. The first-order chi connectivity index (χ1) is 12.1. The first kappa shape index (κ1) is 16.4. The van der Waals surface area contributed by atoms with Gasteiger partial charge >= 0.3 is 0 Å². The smallest absolute Gasteiger partial charge is 0.225 e. The molecule has 4 rings (SSSR count). The van der Waals surface area contributed by atoms with Crippen LogP contribution in [0.25, 0.3) is 0 Å². The van der Waals surface area contributed by atoms with Gasteiger partial charge in [0.15, 0.2) is 0 Å². The van der Waals surface area contributed by atoms with E-state index < -0.39 is 0 Å². The number of hydrogen-bond acceptors (Lipinski definition) is 6. The minimum Gasteiger partial charge on any atom is -0.371 e. The molecule has 0 radical (unpaired) electrons. The molecule has 0 saturated carbocycles. The zero-order valence-corrected chi connectivity index (χ0v) is 14.9. The van der Waals surface area contributed by atoms with Crippen LogP contribution in [0.3, 0.4) is 0 Å². The van der Waals surface area contributed by atoms with Crippen molar-refractivity contribution in [3.8, 4) is 0 Å². The standard InChI is InChI=1S/C19H25N5O/c1-15-10-21-18(22-11-15)24-8-6-19(14-24)9-17(13-25-19)23(2)12-16-5-3-4-7-20-16/h3-5,7,10-11,17H,6,8-9,12-14H2,1-2H3/t17-,19-/m1/s1. The van der Waals surface area contributed by atoms with Crippen LogP contribution in [0.15, 0.2) is 36.8 Å². The quantitative estimate of drug-likeness (QED) is 0.850. The molecule has 6 nitrogen and oxygen atoms in total. The van der Waals surface area contributed by atoms with Crippen molar-refractivity contribution in [2.24, 2.45) is 0 Å². The molecule has 2 atom stereocenters. The van der Waals surface area contributed by atoms with Gasteiger partial charge in [0, 0.05) is 44.3 Å². The minimum atomic E-state index is -0.0582. The maximum absolute atomic E-state index is 6.29. The molecule has 4 heterocycles. The van der Waals surface area contributed by atoms with Gasteiger partial charge in [0.2, 0.25) is 5.95 Å². The van der Waals surface area contributed by atoms with Gasteiger partial charge in [-0.2, -0.15) is 0 Å². The number of rotatable bonds is 4. The van der Waals surface area contributed by atoms with E-state index in [1.54, 1.807) is 0 Å². The maximum Gasteiger partial charge on any atom is 0.225 e. The minimum absolute atomic E-state index is 0.0582. The third-order valence-corrected chi connectivity index (χ3v) is 5.32. The lowest BCUT2D eigenvalue weighted by atomic mass is 9.96. The summed E-state index contributed by atoms with van der Waals surface area (Å²) in [6.45, 7) is 5.49. The van der Waals surface area contributed by atoms with Gasteiger partial charge in [0.05, 0.1) is 17.9 Å². The number of aromatic nitrogens is 3. The van der Waals surface area contributed by atoms with Gasteiger partial charge in [-0.15, -0.1) is 0 Å². The highest BCUT2D eigenvalue weighted by atomic mass is 16.5. The molecule has 1 spiro atoms. The topological polar surface area (TPSA) is 54.4 Å². The molecular formula is C19H25N5O. The summed E-state index contributed by atoms with van der Waals surface area (Å²) in [5.41, 5.74) is 2.13. The van der Waals surface area contributed by atoms with Crippen molar-refractivity contribution in [1.29, 1.82) is 0 Å². The number of pyridine rings is 1. The van der Waals surface area contributed by atoms with E-state index in [1.165, 1.54) is 0 Å². The highest BCUT2D eigenvalue weighted by Crippen LogP contribution is 2.37. The lowest BCUT2D eigenvalue weighted by Gasteiger charge is -2.25. The van der Waals surface area contributed by atoms with Crippen LogP contribution in [0.2, 0.25) is 0 Å². The fraction of sp³-hybridized carbons (Fsp3) is 0.526. The molecule has 25 heavy (non-hydrogen) atoms. The summed E-state index contributed by atoms with van der Waals surface area (Å²) < 4.78 is 6.29. The Bertz CT molecular complexity index is 708. The molecule has 6 heteroatoms. The Morgan fingerprint density at radius 1 is 1.28 bits per heavy atom. The molecule has 2 saturated heterocycles. The summed E-state index contributed by atoms with van der Waals surface area (Å²) in [6, 6.07) is 6.51. The molecule has 2 aromatic heterocycles. The lowest BCUT2D eigenvalue weighted by molar-refractivity contribution is 0.0205. The van der Waals surface area contributed by atoms with E-state index >= 15 is 0 Å². The van der Waals surface area contributed by atoms with Crippen LogP contribution in [-0.2, 0) is 11.3 Å². The molecule has 0 bridgehead atoms. The summed E-state index contributed by atoms with van der Waals surface area (Å²) in [6.07, 6.45) is 7.71. The van der Waals surface area contributed by atoms with Crippen molar-refractivity contribution in [1.82, 2.24) is 19.9 Å². The van der Waals surface area contributed by atoms with Crippen LogP contribution in [0, 0.1) is 6.92 Å². The van der Waals surface area contributed by atoms with Gasteiger partial charge < -0.3 is 9.64 Å². The van der Waals surface area contributed by atoms with Gasteiger partial charge in [-0.25, -0.2) is 9.97 Å². The Morgan fingerprint density at radius 3 is 2.88 bits per heavy atom. The summed E-state index contributed by atoms with van der Waals surface area (Å²) in [5.74, 6) is 0.816. The largest absolute Gasteiger partial charge is 0.371 e. The third kappa shape index (κ3) is 3.50. The number of aryl methyl sites for hydroxylation is 1. The Morgan fingerprint density at radius 2 is 2.12 bits per heavy atom. The Labute approximate surface area is 148 Å². The van der Waals surface area contributed by atoms with E-state index in [4.69, 9.17) is 4.74 Å². The second-order valence-electron chi connectivity index (χ2n) is 7.32. The van der Waals surface area contributed by atoms with Crippen molar-refractivity contribution in [2.45, 2.75) is 38.0 Å². The van der Waals surface area contributed by atoms with E-state index in [0.29, 0.717) is 6.04 Å². The Kier molecular flexibility index (Phi) is 4.39. The Hall–Kier alpha value is -2.05. The number of anilines is 1. The zero-order valence-electron chi connectivity index (χ0n) is 14.9. The maximum atomic E-state index is 6.29. The van der Waals surface area contributed by atoms with E-state index in [1.807, 2.05) is 37.6 Å². The van der Waals surface area contributed by atoms with Crippen LogP contribution in [0.5, 0.6) is 0 Å². The molecule has 2 aliphatic heterocycles. The van der Waals surface area contributed by atoms with Gasteiger partial charge in [0.1, 0.15) is 0 Å². The van der Waals surface area contributed by atoms with Crippen LogP contribution in [-0.4, -0.2) is 58.2 Å². The summed E-state index contributed by atoms with van der Waals surface area (Å²) in [4.78, 5) is 18.0. The summed E-state index contributed by atoms with van der Waals surface area (Å²) in [7, 11) is 2.16. The van der Waals surface area contributed by atoms with Crippen LogP contribution in [0.1, 0.15) is 24.1 Å². The van der Waals surface area contributed by atoms with E-state index in [9.17, 15) is 0 Å². The van der Waals surface area contributed by atoms with Gasteiger partial charge in [0.25, 0.3) is 0 Å². The molecule has 2 aliphatic rings. The monoisotopic (exact) mass is 339 g/mol. The average molecular weight is 339 g/mol. The SMILES string of the molecule is Cc1cnc(N2CC[C@@]3(C[C@@H](N(C)Cc4ccccn4)CO3)C2)nc1. The Balaban J connectivity index is 1.38. The second-order valence-corrected chi connectivity index (χ2v) is 7.32. The fourth-order valence-corrected chi connectivity index (χ4v) is 3.83. The van der Waals surface area contributed by atoms with Crippen molar-refractivity contribution in [2.75, 3.05) is 31.6 Å². The van der Waals surface area contributed by atoms with Crippen LogP contribution >= 0.6 is 0 Å². The number of nitrogens with zero attached hydrogens (tertiary/aromatic N) is 5. The van der Waals surface area contributed by atoms with Crippen molar-refractivity contribution in [3.05, 3.63) is 48.0 Å². The van der Waals surface area contributed by atoms with Crippen molar-refractivity contribution >= 4 is 5.95 Å². The summed E-state index contributed by atoms with van der Waals surface area (Å²) in [5, 5.41) is 0. The molecule has 2 fully saturated rings. The fourth-order valence-electron chi connectivity index (χ4n) is 3.83. The average Bonchev–Trinajstić information content (AvgIpc) is 3.24. The number of ether oxygens (including phenoxy) is 1. The predicted octanol–water partition coefficient (Wildman–Crippen LogP) is 2.05. The second kappa shape index (κ2) is 6.69. The third-order valence-electron chi connectivity index (χ3n) is 5.32. The van der Waals surface area contributed by atoms with Crippen molar-refractivity contribution in [3.63, 3.8) is 0 Å². The molecule has 0 aliphatic carbocycles. The molecular weight excluding hydrogens is 314 g/mol. The lowest BCUT2D eigenvalue weighted by Crippen LogP contribution is -2.36. The van der Waals surface area contributed by atoms with Crippen LogP contribution in [0.4, 0.5) is 5.95 Å². The van der Waals surface area contributed by atoms with Gasteiger partial charge in [-0.1, -0.05) is 6.07 Å². The molecule has 0 N–H and O–H groups in total. The van der Waals surface area contributed by atoms with E-state index in [0.717, 1.165) is 56.3 Å². The van der Waals surface area contributed by atoms with Gasteiger partial charge in [-0.05, 0) is 44.5 Å². The number of hydrogen-bond donors (Lipinski definition) is 0.